The van der Waals surface area contributed by atoms with E-state index in [2.05, 4.69) is 43.2 Å². The number of carboxylic acid groups (broad SMARTS) is 1. The maximum Gasteiger partial charge on any atom is 0.326 e. The van der Waals surface area contributed by atoms with Crippen LogP contribution in [0.4, 0.5) is 10.5 Å². The van der Waals surface area contributed by atoms with E-state index < -0.39 is 18.0 Å². The number of aromatic nitrogens is 2. The van der Waals surface area contributed by atoms with Gasteiger partial charge < -0.3 is 20.7 Å². The van der Waals surface area contributed by atoms with Crippen molar-refractivity contribution in [3.63, 3.8) is 0 Å². The molecule has 21 heavy (non-hydrogen) atoms. The largest absolute Gasteiger partial charge is 0.480 e. The lowest BCUT2D eigenvalue weighted by molar-refractivity contribution is -0.139. The molecule has 0 aliphatic rings. The van der Waals surface area contributed by atoms with Crippen molar-refractivity contribution in [2.24, 2.45) is 0 Å². The summed E-state index contributed by atoms with van der Waals surface area (Å²) in [6.45, 7) is 0. The van der Waals surface area contributed by atoms with Crippen molar-refractivity contribution in [3.05, 3.63) is 46.1 Å². The van der Waals surface area contributed by atoms with E-state index >= 15 is 0 Å². The standard InChI is InChI=1S/C13H13IN4O3/c14-9-3-1-2-4-10(9)17-13(21)18-11(12(19)20)5-8-6-15-7-16-8/h1-4,6-7,11H,5H2,(H,15,16)(H,19,20)(H2,17,18,21). The fourth-order valence-corrected chi connectivity index (χ4v) is 2.22. The molecule has 7 nitrogen and oxygen atoms in total. The number of carbonyl (C=O) groups is 2. The molecule has 0 saturated heterocycles. The lowest BCUT2D eigenvalue weighted by atomic mass is 10.2. The van der Waals surface area contributed by atoms with Crippen LogP contribution in [0.25, 0.3) is 0 Å². The number of urea groups is 1. The molecule has 1 atom stereocenters. The molecular formula is C13H13IN4O3. The van der Waals surface area contributed by atoms with E-state index in [9.17, 15) is 9.59 Å². The lowest BCUT2D eigenvalue weighted by Gasteiger charge is -2.15. The Morgan fingerprint density at radius 1 is 1.38 bits per heavy atom. The van der Waals surface area contributed by atoms with Crippen LogP contribution in [-0.2, 0) is 11.2 Å². The molecule has 0 bridgehead atoms. The first-order chi connectivity index (χ1) is 10.1. The van der Waals surface area contributed by atoms with Crippen LogP contribution in [0.1, 0.15) is 5.69 Å². The summed E-state index contributed by atoms with van der Waals surface area (Å²) in [5.74, 6) is -1.11. The van der Waals surface area contributed by atoms with Crippen LogP contribution < -0.4 is 10.6 Å². The van der Waals surface area contributed by atoms with Gasteiger partial charge in [0.05, 0.1) is 12.0 Å². The monoisotopic (exact) mass is 400 g/mol. The normalized spacial score (nSPS) is 11.7. The SMILES string of the molecule is O=C(Nc1ccccc1I)NC(Cc1cnc[nH]1)C(=O)O. The second kappa shape index (κ2) is 7.07. The van der Waals surface area contributed by atoms with Crippen molar-refractivity contribution in [3.8, 4) is 0 Å². The molecule has 0 aliphatic carbocycles. The van der Waals surface area contributed by atoms with Gasteiger partial charge in [-0.05, 0) is 34.7 Å². The maximum atomic E-state index is 11.9. The Labute approximate surface area is 134 Å². The molecule has 2 aromatic rings. The molecule has 1 aromatic heterocycles. The number of carbonyl (C=O) groups excluding carboxylic acids is 1. The van der Waals surface area contributed by atoms with Crippen LogP contribution >= 0.6 is 22.6 Å². The van der Waals surface area contributed by atoms with Gasteiger partial charge in [-0.15, -0.1) is 0 Å². The molecule has 0 fully saturated rings. The van der Waals surface area contributed by atoms with Crippen molar-refractivity contribution < 1.29 is 14.7 Å². The molecule has 0 saturated carbocycles. The molecule has 1 aromatic carbocycles. The number of amides is 2. The Kier molecular flexibility index (Phi) is 5.14. The third-order valence-corrected chi connectivity index (χ3v) is 3.65. The predicted octanol–water partition coefficient (Wildman–Crippen LogP) is 1.83. The Bertz CT molecular complexity index is 630. The average molecular weight is 400 g/mol. The Morgan fingerprint density at radius 2 is 2.14 bits per heavy atom. The van der Waals surface area contributed by atoms with Crippen LogP contribution in [-0.4, -0.2) is 33.1 Å². The van der Waals surface area contributed by atoms with Crippen molar-refractivity contribution in [2.45, 2.75) is 12.5 Å². The van der Waals surface area contributed by atoms with E-state index in [0.717, 1.165) is 3.57 Å². The predicted molar refractivity (Wildman–Crippen MR) is 85.0 cm³/mol. The number of hydrogen-bond acceptors (Lipinski definition) is 3. The van der Waals surface area contributed by atoms with Gasteiger partial charge in [-0.3, -0.25) is 0 Å². The number of carboxylic acids is 1. The zero-order valence-corrected chi connectivity index (χ0v) is 13.0. The molecule has 8 heteroatoms. The second-order valence-electron chi connectivity index (χ2n) is 4.25. The zero-order chi connectivity index (χ0) is 15.2. The minimum absolute atomic E-state index is 0.134. The molecule has 0 spiro atoms. The van der Waals surface area contributed by atoms with Crippen molar-refractivity contribution >= 4 is 40.3 Å². The van der Waals surface area contributed by atoms with Crippen molar-refractivity contribution in [1.82, 2.24) is 15.3 Å². The number of H-pyrrole nitrogens is 1. The lowest BCUT2D eigenvalue weighted by Crippen LogP contribution is -2.44. The van der Waals surface area contributed by atoms with E-state index in [1.54, 1.807) is 12.1 Å². The van der Waals surface area contributed by atoms with Crippen LogP contribution in [0.15, 0.2) is 36.8 Å². The third kappa shape index (κ3) is 4.45. The van der Waals surface area contributed by atoms with Crippen LogP contribution in [0, 0.1) is 3.57 Å². The first kappa shape index (κ1) is 15.3. The summed E-state index contributed by atoms with van der Waals surface area (Å²) in [6, 6.07) is 5.62. The van der Waals surface area contributed by atoms with Crippen LogP contribution in [0.3, 0.4) is 0 Å². The Hall–Kier alpha value is -2.10. The summed E-state index contributed by atoms with van der Waals surface area (Å²) in [7, 11) is 0. The highest BCUT2D eigenvalue weighted by Gasteiger charge is 2.21. The van der Waals surface area contributed by atoms with Crippen LogP contribution in [0.5, 0.6) is 0 Å². The first-order valence-corrected chi connectivity index (χ1v) is 7.16. The van der Waals surface area contributed by atoms with Gasteiger partial charge in [0.25, 0.3) is 0 Å². The minimum atomic E-state index is -1.11. The summed E-state index contributed by atoms with van der Waals surface area (Å²) in [5.41, 5.74) is 1.26. The van der Waals surface area contributed by atoms with Gasteiger partial charge in [0.1, 0.15) is 6.04 Å². The van der Waals surface area contributed by atoms with E-state index in [1.165, 1.54) is 12.5 Å². The summed E-state index contributed by atoms with van der Waals surface area (Å²) >= 11 is 2.09. The highest BCUT2D eigenvalue weighted by molar-refractivity contribution is 14.1. The molecule has 2 rings (SSSR count). The van der Waals surface area contributed by atoms with Gasteiger partial charge in [-0.2, -0.15) is 0 Å². The minimum Gasteiger partial charge on any atom is -0.480 e. The molecule has 110 valence electrons. The number of imidazole rings is 1. The highest BCUT2D eigenvalue weighted by atomic mass is 127. The number of anilines is 1. The van der Waals surface area contributed by atoms with Crippen LogP contribution in [0.2, 0.25) is 0 Å². The van der Waals surface area contributed by atoms with E-state index in [-0.39, 0.29) is 6.42 Å². The summed E-state index contributed by atoms with van der Waals surface area (Å²) in [4.78, 5) is 29.7. The smallest absolute Gasteiger partial charge is 0.326 e. The number of aromatic amines is 1. The number of halogens is 1. The number of nitrogens with zero attached hydrogens (tertiary/aromatic N) is 1. The molecular weight excluding hydrogens is 387 g/mol. The Morgan fingerprint density at radius 3 is 2.76 bits per heavy atom. The fraction of sp³-hybridized carbons (Fsp3) is 0.154. The molecule has 1 unspecified atom stereocenters. The fourth-order valence-electron chi connectivity index (χ4n) is 1.70. The van der Waals surface area contributed by atoms with E-state index in [0.29, 0.717) is 11.4 Å². The summed E-state index contributed by atoms with van der Waals surface area (Å²) < 4.78 is 0.866. The number of hydrogen-bond donors (Lipinski definition) is 4. The van der Waals surface area contributed by atoms with Crippen molar-refractivity contribution in [2.75, 3.05) is 5.32 Å². The third-order valence-electron chi connectivity index (χ3n) is 2.70. The highest BCUT2D eigenvalue weighted by Crippen LogP contribution is 2.16. The molecule has 4 N–H and O–H groups in total. The first-order valence-electron chi connectivity index (χ1n) is 6.08. The Balaban J connectivity index is 1.98. The second-order valence-corrected chi connectivity index (χ2v) is 5.41. The quantitative estimate of drug-likeness (QED) is 0.575. The molecule has 0 aliphatic heterocycles. The maximum absolute atomic E-state index is 11.9. The molecule has 2 amide bonds. The molecule has 0 radical (unpaired) electrons. The van der Waals surface area contributed by atoms with Gasteiger partial charge in [0, 0.05) is 21.9 Å². The topological polar surface area (TPSA) is 107 Å². The number of rotatable bonds is 5. The van der Waals surface area contributed by atoms with Gasteiger partial charge in [-0.25, -0.2) is 14.6 Å². The van der Waals surface area contributed by atoms with Gasteiger partial charge >= 0.3 is 12.0 Å². The average Bonchev–Trinajstić information content (AvgIpc) is 2.93. The number of nitrogens with one attached hydrogen (secondary N) is 3. The van der Waals surface area contributed by atoms with Crippen molar-refractivity contribution in [1.29, 1.82) is 0 Å². The number of aliphatic carboxylic acids is 1. The number of para-hydroxylation sites is 1. The zero-order valence-electron chi connectivity index (χ0n) is 10.8. The van der Waals surface area contributed by atoms with Gasteiger partial charge in [0.15, 0.2) is 0 Å². The summed E-state index contributed by atoms with van der Waals surface area (Å²) in [5, 5.41) is 14.2. The molecule has 1 heterocycles. The number of benzene rings is 1. The van der Waals surface area contributed by atoms with E-state index in [1.807, 2.05) is 12.1 Å². The van der Waals surface area contributed by atoms with Gasteiger partial charge in [0.2, 0.25) is 0 Å². The van der Waals surface area contributed by atoms with E-state index in [4.69, 9.17) is 5.11 Å². The summed E-state index contributed by atoms with van der Waals surface area (Å²) in [6.07, 6.45) is 3.12. The van der Waals surface area contributed by atoms with Gasteiger partial charge in [-0.1, -0.05) is 12.1 Å².